The van der Waals surface area contributed by atoms with Gasteiger partial charge in [-0.3, -0.25) is 4.79 Å². The van der Waals surface area contributed by atoms with Gasteiger partial charge in [0.05, 0.1) is 33.5 Å². The minimum Gasteiger partial charge on any atom is -0.465 e. The molecule has 1 heterocycles. The van der Waals surface area contributed by atoms with E-state index >= 15 is 0 Å². The van der Waals surface area contributed by atoms with Crippen molar-refractivity contribution >= 4 is 43.3 Å². The van der Waals surface area contributed by atoms with Crippen molar-refractivity contribution < 1.29 is 22.7 Å². The third kappa shape index (κ3) is 4.27. The maximum absolute atomic E-state index is 12.7. The molecule has 0 saturated heterocycles. The molecule has 1 aromatic heterocycles. The number of allylic oxidation sites excluding steroid dienone is 1. The number of fused-ring (bicyclic) bond motifs is 1. The molecule has 7 nitrogen and oxygen atoms in total. The lowest BCUT2D eigenvalue weighted by atomic mass is 10.2. The van der Waals surface area contributed by atoms with Crippen LogP contribution >= 0.6 is 11.3 Å². The summed E-state index contributed by atoms with van der Waals surface area (Å²) in [6.07, 6.45) is 1.69. The Morgan fingerprint density at radius 1 is 1.17 bits per heavy atom. The van der Waals surface area contributed by atoms with E-state index in [4.69, 9.17) is 4.74 Å². The summed E-state index contributed by atoms with van der Waals surface area (Å²) in [6, 6.07) is 10.8. The molecule has 0 fully saturated rings. The molecule has 0 aliphatic rings. The number of carbonyl (C=O) groups excluding carboxylic acids is 2. The molecule has 0 atom stereocenters. The number of methoxy groups -OCH3 is 1. The van der Waals surface area contributed by atoms with Gasteiger partial charge in [-0.15, -0.1) is 6.58 Å². The minimum atomic E-state index is -3.34. The molecule has 0 spiro atoms. The molecule has 9 heteroatoms. The molecule has 0 aliphatic carbocycles. The molecule has 2 aromatic carbocycles. The molecule has 0 N–H and O–H groups in total. The Bertz CT molecular complexity index is 1300. The minimum absolute atomic E-state index is 0.0123. The monoisotopic (exact) mass is 444 g/mol. The molecule has 0 bridgehead atoms. The SMILES string of the molecule is C=CCn1c(=NC(=O)c2ccc(S(=O)(=O)CC)cc2)sc2cc(C(=O)OC)ccc21. The number of carbonyl (C=O) groups is 2. The van der Waals surface area contributed by atoms with E-state index in [9.17, 15) is 18.0 Å². The Hall–Kier alpha value is -3.04. The van der Waals surface area contributed by atoms with Gasteiger partial charge in [0.1, 0.15) is 0 Å². The number of ether oxygens (including phenoxy) is 1. The second-order valence-electron chi connectivity index (χ2n) is 6.30. The molecular weight excluding hydrogens is 424 g/mol. The summed E-state index contributed by atoms with van der Waals surface area (Å²) in [5.74, 6) is -0.952. The van der Waals surface area contributed by atoms with E-state index in [-0.39, 0.29) is 16.2 Å². The van der Waals surface area contributed by atoms with Crippen LogP contribution in [0.1, 0.15) is 27.6 Å². The second kappa shape index (κ2) is 8.76. The highest BCUT2D eigenvalue weighted by atomic mass is 32.2. The summed E-state index contributed by atoms with van der Waals surface area (Å²) in [5.41, 5.74) is 1.49. The van der Waals surface area contributed by atoms with Crippen molar-refractivity contribution in [3.05, 3.63) is 71.0 Å². The normalized spacial score (nSPS) is 12.1. The van der Waals surface area contributed by atoms with Gasteiger partial charge in [-0.1, -0.05) is 24.3 Å². The third-order valence-electron chi connectivity index (χ3n) is 4.45. The highest BCUT2D eigenvalue weighted by molar-refractivity contribution is 7.91. The fourth-order valence-corrected chi connectivity index (χ4v) is 4.79. The number of esters is 1. The first-order chi connectivity index (χ1) is 14.3. The topological polar surface area (TPSA) is 94.8 Å². The van der Waals surface area contributed by atoms with Gasteiger partial charge in [0.25, 0.3) is 5.91 Å². The lowest BCUT2D eigenvalue weighted by Gasteiger charge is -2.03. The van der Waals surface area contributed by atoms with Crippen LogP contribution in [0, 0.1) is 0 Å². The molecule has 156 valence electrons. The third-order valence-corrected chi connectivity index (χ3v) is 7.24. The number of aromatic nitrogens is 1. The van der Waals surface area contributed by atoms with Gasteiger partial charge in [0, 0.05) is 12.1 Å². The standard InChI is InChI=1S/C21H20N2O5S2/c1-4-12-23-17-11-8-15(20(25)28-3)13-18(17)29-21(23)22-19(24)14-6-9-16(10-7-14)30(26,27)5-2/h4,6-11,13H,1,5,12H2,2-3H3. The van der Waals surface area contributed by atoms with Crippen LogP contribution in [0.4, 0.5) is 0 Å². The Morgan fingerprint density at radius 2 is 1.83 bits per heavy atom. The molecule has 1 amide bonds. The summed E-state index contributed by atoms with van der Waals surface area (Å²) in [6.45, 7) is 5.74. The van der Waals surface area contributed by atoms with Gasteiger partial charge >= 0.3 is 5.97 Å². The van der Waals surface area contributed by atoms with Crippen molar-refractivity contribution in [2.45, 2.75) is 18.4 Å². The number of benzene rings is 2. The van der Waals surface area contributed by atoms with E-state index in [1.54, 1.807) is 31.2 Å². The predicted octanol–water partition coefficient (Wildman–Crippen LogP) is 3.21. The Balaban J connectivity index is 2.05. The number of hydrogen-bond donors (Lipinski definition) is 0. The average Bonchev–Trinajstić information content (AvgIpc) is 3.09. The van der Waals surface area contributed by atoms with Crippen LogP contribution in [-0.4, -0.2) is 37.7 Å². The first-order valence-electron chi connectivity index (χ1n) is 9.05. The van der Waals surface area contributed by atoms with Crippen LogP contribution < -0.4 is 4.80 Å². The Labute approximate surface area is 177 Å². The van der Waals surface area contributed by atoms with Gasteiger partial charge < -0.3 is 9.30 Å². The number of nitrogens with zero attached hydrogens (tertiary/aromatic N) is 2. The van der Waals surface area contributed by atoms with E-state index in [1.165, 1.54) is 42.7 Å². The molecule has 0 aliphatic heterocycles. The van der Waals surface area contributed by atoms with E-state index < -0.39 is 21.7 Å². The smallest absolute Gasteiger partial charge is 0.337 e. The van der Waals surface area contributed by atoms with Gasteiger partial charge in [-0.2, -0.15) is 4.99 Å². The molecule has 0 radical (unpaired) electrons. The number of sulfone groups is 1. The van der Waals surface area contributed by atoms with Crippen LogP contribution in [0.5, 0.6) is 0 Å². The van der Waals surface area contributed by atoms with Crippen molar-refractivity contribution in [3.63, 3.8) is 0 Å². The number of hydrogen-bond acceptors (Lipinski definition) is 6. The zero-order chi connectivity index (χ0) is 21.9. The molecule has 0 unspecified atom stereocenters. The van der Waals surface area contributed by atoms with Crippen LogP contribution in [0.3, 0.4) is 0 Å². The lowest BCUT2D eigenvalue weighted by Crippen LogP contribution is -2.16. The van der Waals surface area contributed by atoms with E-state index in [0.717, 1.165) is 10.2 Å². The summed E-state index contributed by atoms with van der Waals surface area (Å²) in [7, 11) is -2.02. The van der Waals surface area contributed by atoms with E-state index in [2.05, 4.69) is 11.6 Å². The molecule has 3 rings (SSSR count). The van der Waals surface area contributed by atoms with Gasteiger partial charge in [0.2, 0.25) is 0 Å². The van der Waals surface area contributed by atoms with E-state index in [1.807, 2.05) is 4.57 Å². The van der Waals surface area contributed by atoms with Crippen molar-refractivity contribution in [2.24, 2.45) is 4.99 Å². The average molecular weight is 445 g/mol. The summed E-state index contributed by atoms with van der Waals surface area (Å²) < 4.78 is 31.2. The first-order valence-corrected chi connectivity index (χ1v) is 11.5. The Kier molecular flexibility index (Phi) is 6.33. The maximum atomic E-state index is 12.7. The van der Waals surface area contributed by atoms with Crippen LogP contribution in [0.15, 0.2) is 65.0 Å². The molecule has 0 saturated carbocycles. The fourth-order valence-electron chi connectivity index (χ4n) is 2.83. The zero-order valence-corrected chi connectivity index (χ0v) is 18.1. The van der Waals surface area contributed by atoms with E-state index in [0.29, 0.717) is 16.9 Å². The maximum Gasteiger partial charge on any atom is 0.337 e. The summed E-state index contributed by atoms with van der Waals surface area (Å²) >= 11 is 1.26. The van der Waals surface area contributed by atoms with Gasteiger partial charge in [-0.25, -0.2) is 13.2 Å². The number of thiazole rings is 1. The Morgan fingerprint density at radius 3 is 2.43 bits per heavy atom. The lowest BCUT2D eigenvalue weighted by molar-refractivity contribution is 0.0600. The van der Waals surface area contributed by atoms with Gasteiger partial charge in [0.15, 0.2) is 14.6 Å². The molecular formula is C21H20N2O5S2. The predicted molar refractivity (Wildman–Crippen MR) is 115 cm³/mol. The zero-order valence-electron chi connectivity index (χ0n) is 16.5. The highest BCUT2D eigenvalue weighted by Gasteiger charge is 2.14. The van der Waals surface area contributed by atoms with Crippen LogP contribution in [-0.2, 0) is 21.1 Å². The largest absolute Gasteiger partial charge is 0.465 e. The molecule has 30 heavy (non-hydrogen) atoms. The van der Waals surface area contributed by atoms with Crippen molar-refractivity contribution in [1.29, 1.82) is 0 Å². The second-order valence-corrected chi connectivity index (χ2v) is 9.59. The van der Waals surface area contributed by atoms with Crippen LogP contribution in [0.2, 0.25) is 0 Å². The number of amides is 1. The summed E-state index contributed by atoms with van der Waals surface area (Å²) in [4.78, 5) is 29.3. The fraction of sp³-hybridized carbons (Fsp3) is 0.190. The quantitative estimate of drug-likeness (QED) is 0.430. The molecule has 3 aromatic rings. The van der Waals surface area contributed by atoms with Crippen molar-refractivity contribution in [1.82, 2.24) is 4.57 Å². The first kappa shape index (κ1) is 21.7. The van der Waals surface area contributed by atoms with Crippen LogP contribution in [0.25, 0.3) is 10.2 Å². The van der Waals surface area contributed by atoms with Crippen molar-refractivity contribution in [3.8, 4) is 0 Å². The van der Waals surface area contributed by atoms with Gasteiger partial charge in [-0.05, 0) is 42.5 Å². The highest BCUT2D eigenvalue weighted by Crippen LogP contribution is 2.20. The summed E-state index contributed by atoms with van der Waals surface area (Å²) in [5, 5.41) is 0. The van der Waals surface area contributed by atoms with Crippen molar-refractivity contribution in [2.75, 3.05) is 12.9 Å². The number of rotatable bonds is 6.